The molecular weight excluding hydrogens is 260 g/mol. The fraction of sp³-hybridized carbons (Fsp3) is 0.846. The van der Waals surface area contributed by atoms with Gasteiger partial charge in [0.25, 0.3) is 0 Å². The van der Waals surface area contributed by atoms with E-state index in [1.54, 1.807) is 0 Å². The first kappa shape index (κ1) is 16.7. The molecule has 5 N–H and O–H groups in total. The lowest BCUT2D eigenvalue weighted by Gasteiger charge is -2.22. The number of carbonyl (C=O) groups is 2. The third kappa shape index (κ3) is 6.72. The van der Waals surface area contributed by atoms with Crippen molar-refractivity contribution in [1.29, 1.82) is 0 Å². The molecule has 1 rings (SSSR count). The number of hydrogen-bond acceptors (Lipinski definition) is 4. The fourth-order valence-corrected chi connectivity index (χ4v) is 2.23. The normalized spacial score (nSPS) is 17.3. The van der Waals surface area contributed by atoms with Gasteiger partial charge in [-0.15, -0.1) is 0 Å². The number of methoxy groups -OCH3 is 1. The number of amides is 3. The van der Waals surface area contributed by atoms with E-state index < -0.39 is 6.04 Å². The lowest BCUT2D eigenvalue weighted by Crippen LogP contribution is -2.48. The number of ether oxygens (including phenoxy) is 1. The Bertz CT molecular complexity index is 306. The molecule has 3 amide bonds. The van der Waals surface area contributed by atoms with Crippen LogP contribution < -0.4 is 21.7 Å². The molecule has 0 spiro atoms. The van der Waals surface area contributed by atoms with Crippen molar-refractivity contribution in [3.05, 3.63) is 0 Å². The van der Waals surface area contributed by atoms with E-state index in [1.165, 1.54) is 26.4 Å². The summed E-state index contributed by atoms with van der Waals surface area (Å²) < 4.78 is 4.79. The van der Waals surface area contributed by atoms with E-state index in [0.29, 0.717) is 13.1 Å². The van der Waals surface area contributed by atoms with Crippen LogP contribution in [0.1, 0.15) is 32.1 Å². The summed E-state index contributed by atoms with van der Waals surface area (Å²) >= 11 is 0. The van der Waals surface area contributed by atoms with Crippen molar-refractivity contribution in [2.24, 2.45) is 5.73 Å². The molecule has 0 aromatic heterocycles. The van der Waals surface area contributed by atoms with Crippen LogP contribution in [0.15, 0.2) is 0 Å². The Morgan fingerprint density at radius 3 is 2.50 bits per heavy atom. The first-order valence-electron chi connectivity index (χ1n) is 7.20. The van der Waals surface area contributed by atoms with E-state index in [-0.39, 0.29) is 24.6 Å². The van der Waals surface area contributed by atoms with Gasteiger partial charge in [0, 0.05) is 26.2 Å². The van der Waals surface area contributed by atoms with E-state index >= 15 is 0 Å². The fourth-order valence-electron chi connectivity index (χ4n) is 2.23. The van der Waals surface area contributed by atoms with Gasteiger partial charge >= 0.3 is 6.03 Å². The van der Waals surface area contributed by atoms with E-state index in [4.69, 9.17) is 10.5 Å². The van der Waals surface area contributed by atoms with Crippen LogP contribution in [0.25, 0.3) is 0 Å². The van der Waals surface area contributed by atoms with Crippen LogP contribution in [0, 0.1) is 0 Å². The van der Waals surface area contributed by atoms with Crippen LogP contribution in [0.3, 0.4) is 0 Å². The molecule has 0 radical (unpaired) electrons. The summed E-state index contributed by atoms with van der Waals surface area (Å²) in [6.45, 7) is 0.916. The molecule has 1 atom stereocenters. The lowest BCUT2D eigenvalue weighted by molar-refractivity contribution is -0.123. The summed E-state index contributed by atoms with van der Waals surface area (Å²) in [5, 5.41) is 8.30. The van der Waals surface area contributed by atoms with Crippen molar-refractivity contribution in [2.45, 2.75) is 44.2 Å². The van der Waals surface area contributed by atoms with E-state index in [0.717, 1.165) is 12.8 Å². The van der Waals surface area contributed by atoms with Gasteiger partial charge in [-0.1, -0.05) is 19.3 Å². The van der Waals surface area contributed by atoms with Gasteiger partial charge in [-0.25, -0.2) is 4.79 Å². The van der Waals surface area contributed by atoms with Gasteiger partial charge in [0.15, 0.2) is 0 Å². The Balaban J connectivity index is 2.05. The maximum Gasteiger partial charge on any atom is 0.315 e. The van der Waals surface area contributed by atoms with Gasteiger partial charge in [-0.3, -0.25) is 4.79 Å². The van der Waals surface area contributed by atoms with Crippen LogP contribution in [0.2, 0.25) is 0 Å². The Kier molecular flexibility index (Phi) is 7.98. The summed E-state index contributed by atoms with van der Waals surface area (Å²) in [4.78, 5) is 23.1. The van der Waals surface area contributed by atoms with E-state index in [2.05, 4.69) is 16.0 Å². The Labute approximate surface area is 120 Å². The average Bonchev–Trinajstić information content (AvgIpc) is 2.44. The maximum absolute atomic E-state index is 11.6. The molecule has 1 aliphatic rings. The first-order chi connectivity index (χ1) is 9.63. The predicted octanol–water partition coefficient (Wildman–Crippen LogP) is -0.292. The topological polar surface area (TPSA) is 105 Å². The first-order valence-corrected chi connectivity index (χ1v) is 7.20. The van der Waals surface area contributed by atoms with E-state index in [9.17, 15) is 9.59 Å². The van der Waals surface area contributed by atoms with Gasteiger partial charge in [0.1, 0.15) is 6.04 Å². The highest BCUT2D eigenvalue weighted by atomic mass is 16.5. The van der Waals surface area contributed by atoms with Gasteiger partial charge < -0.3 is 26.4 Å². The largest absolute Gasteiger partial charge is 0.383 e. The average molecular weight is 286 g/mol. The minimum absolute atomic E-state index is 0.174. The zero-order valence-corrected chi connectivity index (χ0v) is 12.1. The second kappa shape index (κ2) is 9.55. The summed E-state index contributed by atoms with van der Waals surface area (Å²) in [5.74, 6) is -0.277. The Morgan fingerprint density at radius 1 is 1.20 bits per heavy atom. The molecule has 1 saturated carbocycles. The highest BCUT2D eigenvalue weighted by molar-refractivity contribution is 5.81. The third-order valence-electron chi connectivity index (χ3n) is 3.33. The number of nitrogens with two attached hydrogens (primary N) is 1. The van der Waals surface area contributed by atoms with Crippen LogP contribution in [0.4, 0.5) is 4.79 Å². The Morgan fingerprint density at radius 2 is 1.85 bits per heavy atom. The zero-order valence-electron chi connectivity index (χ0n) is 12.1. The minimum Gasteiger partial charge on any atom is -0.383 e. The quantitative estimate of drug-likeness (QED) is 0.482. The summed E-state index contributed by atoms with van der Waals surface area (Å²) in [6, 6.07) is -0.558. The SMILES string of the molecule is COCC(N)C(=O)NCCNC(=O)NC1CCCCC1. The van der Waals surface area contributed by atoms with Gasteiger partial charge in [0.05, 0.1) is 6.61 Å². The number of nitrogens with one attached hydrogen (secondary N) is 3. The van der Waals surface area contributed by atoms with E-state index in [1.807, 2.05) is 0 Å². The monoisotopic (exact) mass is 286 g/mol. The van der Waals surface area contributed by atoms with Gasteiger partial charge in [-0.05, 0) is 12.8 Å². The van der Waals surface area contributed by atoms with Crippen LogP contribution in [-0.2, 0) is 9.53 Å². The molecule has 0 saturated heterocycles. The number of rotatable bonds is 7. The molecule has 1 unspecified atom stereocenters. The molecule has 0 aromatic carbocycles. The third-order valence-corrected chi connectivity index (χ3v) is 3.33. The van der Waals surface area contributed by atoms with Crippen LogP contribution in [-0.4, -0.2) is 50.8 Å². The number of urea groups is 1. The van der Waals surface area contributed by atoms with Crippen molar-refractivity contribution >= 4 is 11.9 Å². The van der Waals surface area contributed by atoms with Crippen LogP contribution in [0.5, 0.6) is 0 Å². The standard InChI is InChI=1S/C13H26N4O3/c1-20-9-11(14)12(18)15-7-8-16-13(19)17-10-5-3-2-4-6-10/h10-11H,2-9,14H2,1H3,(H,15,18)(H2,16,17,19). The van der Waals surface area contributed by atoms with Crippen molar-refractivity contribution in [2.75, 3.05) is 26.8 Å². The maximum atomic E-state index is 11.6. The van der Waals surface area contributed by atoms with Gasteiger partial charge in [0.2, 0.25) is 5.91 Å². The number of carbonyl (C=O) groups excluding carboxylic acids is 2. The molecule has 7 heteroatoms. The smallest absolute Gasteiger partial charge is 0.315 e. The molecule has 7 nitrogen and oxygen atoms in total. The molecule has 0 aliphatic heterocycles. The number of hydrogen-bond donors (Lipinski definition) is 4. The molecule has 0 aromatic rings. The zero-order chi connectivity index (χ0) is 14.8. The molecule has 116 valence electrons. The molecule has 1 fully saturated rings. The molecule has 0 bridgehead atoms. The lowest BCUT2D eigenvalue weighted by atomic mass is 9.96. The second-order valence-corrected chi connectivity index (χ2v) is 5.09. The summed E-state index contributed by atoms with van der Waals surface area (Å²) in [6.07, 6.45) is 5.72. The minimum atomic E-state index is -0.670. The highest BCUT2D eigenvalue weighted by Crippen LogP contribution is 2.16. The van der Waals surface area contributed by atoms with Crippen molar-refractivity contribution in [1.82, 2.24) is 16.0 Å². The molecule has 0 heterocycles. The highest BCUT2D eigenvalue weighted by Gasteiger charge is 2.15. The van der Waals surface area contributed by atoms with Crippen molar-refractivity contribution < 1.29 is 14.3 Å². The molecule has 20 heavy (non-hydrogen) atoms. The van der Waals surface area contributed by atoms with Crippen molar-refractivity contribution in [3.63, 3.8) is 0 Å². The Hall–Kier alpha value is -1.34. The molecule has 1 aliphatic carbocycles. The predicted molar refractivity (Wildman–Crippen MR) is 76.3 cm³/mol. The van der Waals surface area contributed by atoms with Crippen molar-refractivity contribution in [3.8, 4) is 0 Å². The van der Waals surface area contributed by atoms with Crippen LogP contribution >= 0.6 is 0 Å². The second-order valence-electron chi connectivity index (χ2n) is 5.09. The molecular formula is C13H26N4O3. The summed E-state index contributed by atoms with van der Waals surface area (Å²) in [7, 11) is 1.49. The van der Waals surface area contributed by atoms with Gasteiger partial charge in [-0.2, -0.15) is 0 Å². The summed E-state index contributed by atoms with van der Waals surface area (Å²) in [5.41, 5.74) is 5.56.